The Morgan fingerprint density at radius 2 is 1.88 bits per heavy atom. The first-order chi connectivity index (χ1) is 8.33. The number of benzene rings is 1. The maximum Gasteiger partial charge on any atom is 0.139 e. The lowest BCUT2D eigenvalue weighted by molar-refractivity contribution is 0.475. The number of aromatic nitrogens is 2. The zero-order valence-corrected chi connectivity index (χ0v) is 9.01. The summed E-state index contributed by atoms with van der Waals surface area (Å²) < 4.78 is 0. The highest BCUT2D eigenvalue weighted by molar-refractivity contribution is 5.91. The molecule has 0 fully saturated rings. The Morgan fingerprint density at radius 3 is 2.71 bits per heavy atom. The molecule has 4 nitrogen and oxygen atoms in total. The normalized spacial score (nSPS) is 10.6. The third-order valence-corrected chi connectivity index (χ3v) is 2.61. The van der Waals surface area contributed by atoms with Gasteiger partial charge in [0.25, 0.3) is 0 Å². The highest BCUT2D eigenvalue weighted by Crippen LogP contribution is 2.25. The summed E-state index contributed by atoms with van der Waals surface area (Å²) in [6.45, 7) is 0. The van der Waals surface area contributed by atoms with E-state index < -0.39 is 0 Å². The molecule has 0 aliphatic rings. The van der Waals surface area contributed by atoms with Gasteiger partial charge in [0.2, 0.25) is 0 Å². The molecule has 3 N–H and O–H groups in total. The molecule has 0 unspecified atom stereocenters. The first-order valence-corrected chi connectivity index (χ1v) is 5.31. The second kappa shape index (κ2) is 3.83. The van der Waals surface area contributed by atoms with Gasteiger partial charge in [-0.05, 0) is 36.4 Å². The van der Waals surface area contributed by atoms with E-state index in [2.05, 4.69) is 15.3 Å². The van der Waals surface area contributed by atoms with Gasteiger partial charge in [-0.2, -0.15) is 0 Å². The second-order valence-electron chi connectivity index (χ2n) is 3.77. The van der Waals surface area contributed by atoms with Crippen LogP contribution in [0.25, 0.3) is 11.0 Å². The lowest BCUT2D eigenvalue weighted by atomic mass is 10.2. The molecule has 4 heteroatoms. The van der Waals surface area contributed by atoms with E-state index in [0.717, 1.165) is 22.4 Å². The van der Waals surface area contributed by atoms with Crippen molar-refractivity contribution in [3.05, 3.63) is 48.8 Å². The van der Waals surface area contributed by atoms with E-state index in [-0.39, 0.29) is 5.75 Å². The van der Waals surface area contributed by atoms with Crippen LogP contribution in [0.5, 0.6) is 5.75 Å². The SMILES string of the molecule is Oc1ccc(Nc2ccnc3[nH]ccc23)cc1. The Labute approximate surface area is 97.9 Å². The predicted molar refractivity (Wildman–Crippen MR) is 67.5 cm³/mol. The molecule has 0 aliphatic carbocycles. The van der Waals surface area contributed by atoms with Gasteiger partial charge >= 0.3 is 0 Å². The molecule has 0 bridgehead atoms. The lowest BCUT2D eigenvalue weighted by Crippen LogP contribution is -1.91. The van der Waals surface area contributed by atoms with Gasteiger partial charge in [0.1, 0.15) is 11.4 Å². The number of aromatic amines is 1. The standard InChI is InChI=1S/C13H11N3O/c17-10-3-1-9(2-4-10)16-12-6-8-15-13-11(12)5-7-14-13/h1-8,17H,(H2,14,15,16). The Hall–Kier alpha value is -2.49. The van der Waals surface area contributed by atoms with Crippen LogP contribution in [0.2, 0.25) is 0 Å². The molecular formula is C13H11N3O. The molecule has 2 aromatic heterocycles. The molecule has 0 radical (unpaired) electrons. The third-order valence-electron chi connectivity index (χ3n) is 2.61. The van der Waals surface area contributed by atoms with Gasteiger partial charge in [-0.15, -0.1) is 0 Å². The summed E-state index contributed by atoms with van der Waals surface area (Å²) in [6, 6.07) is 10.9. The summed E-state index contributed by atoms with van der Waals surface area (Å²) in [7, 11) is 0. The van der Waals surface area contributed by atoms with Gasteiger partial charge < -0.3 is 15.4 Å². The highest BCUT2D eigenvalue weighted by atomic mass is 16.3. The van der Waals surface area contributed by atoms with Gasteiger partial charge in [-0.3, -0.25) is 0 Å². The quantitative estimate of drug-likeness (QED) is 0.587. The van der Waals surface area contributed by atoms with Crippen molar-refractivity contribution < 1.29 is 5.11 Å². The van der Waals surface area contributed by atoms with E-state index in [1.807, 2.05) is 30.5 Å². The number of phenols is 1. The van der Waals surface area contributed by atoms with E-state index in [0.29, 0.717) is 0 Å². The van der Waals surface area contributed by atoms with Crippen LogP contribution in [0.3, 0.4) is 0 Å². The van der Waals surface area contributed by atoms with Crippen molar-refractivity contribution in [3.63, 3.8) is 0 Å². The molecule has 1 aromatic carbocycles. The zero-order valence-electron chi connectivity index (χ0n) is 9.01. The Bertz CT molecular complexity index is 643. The molecule has 0 saturated heterocycles. The number of H-pyrrole nitrogens is 1. The maximum atomic E-state index is 9.22. The van der Waals surface area contributed by atoms with Crippen LogP contribution in [0.1, 0.15) is 0 Å². The molecule has 17 heavy (non-hydrogen) atoms. The fraction of sp³-hybridized carbons (Fsp3) is 0. The molecule has 0 aliphatic heterocycles. The number of pyridine rings is 1. The van der Waals surface area contributed by atoms with Crippen LogP contribution in [-0.4, -0.2) is 15.1 Å². The number of phenolic OH excluding ortho intramolecular Hbond substituents is 1. The van der Waals surface area contributed by atoms with E-state index in [4.69, 9.17) is 0 Å². The second-order valence-corrected chi connectivity index (χ2v) is 3.77. The average Bonchev–Trinajstić information content (AvgIpc) is 2.81. The van der Waals surface area contributed by atoms with Crippen molar-refractivity contribution in [1.82, 2.24) is 9.97 Å². The largest absolute Gasteiger partial charge is 0.508 e. The van der Waals surface area contributed by atoms with Gasteiger partial charge in [0.15, 0.2) is 0 Å². The van der Waals surface area contributed by atoms with Crippen molar-refractivity contribution in [2.45, 2.75) is 0 Å². The number of hydrogen-bond acceptors (Lipinski definition) is 3. The first-order valence-electron chi connectivity index (χ1n) is 5.31. The number of fused-ring (bicyclic) bond motifs is 1. The van der Waals surface area contributed by atoms with Crippen LogP contribution < -0.4 is 5.32 Å². The zero-order chi connectivity index (χ0) is 11.7. The summed E-state index contributed by atoms with van der Waals surface area (Å²) in [6.07, 6.45) is 3.61. The predicted octanol–water partition coefficient (Wildman–Crippen LogP) is 3.01. The third kappa shape index (κ3) is 1.80. The molecular weight excluding hydrogens is 214 g/mol. The lowest BCUT2D eigenvalue weighted by Gasteiger charge is -2.07. The first kappa shape index (κ1) is 9.72. The van der Waals surface area contributed by atoms with Crippen LogP contribution in [-0.2, 0) is 0 Å². The van der Waals surface area contributed by atoms with Crippen LogP contribution >= 0.6 is 0 Å². The van der Waals surface area contributed by atoms with Gasteiger partial charge in [0.05, 0.1) is 5.69 Å². The summed E-state index contributed by atoms with van der Waals surface area (Å²) in [4.78, 5) is 7.29. The number of rotatable bonds is 2. The summed E-state index contributed by atoms with van der Waals surface area (Å²) in [5.41, 5.74) is 2.77. The number of hydrogen-bond donors (Lipinski definition) is 3. The fourth-order valence-electron chi connectivity index (χ4n) is 1.77. The Morgan fingerprint density at radius 1 is 1.06 bits per heavy atom. The maximum absolute atomic E-state index is 9.22. The number of nitrogens with one attached hydrogen (secondary N) is 2. The molecule has 0 amide bonds. The molecule has 2 heterocycles. The topological polar surface area (TPSA) is 60.9 Å². The minimum absolute atomic E-state index is 0.261. The van der Waals surface area contributed by atoms with E-state index >= 15 is 0 Å². The monoisotopic (exact) mass is 225 g/mol. The minimum atomic E-state index is 0.261. The smallest absolute Gasteiger partial charge is 0.139 e. The van der Waals surface area contributed by atoms with Crippen molar-refractivity contribution in [3.8, 4) is 5.75 Å². The summed E-state index contributed by atoms with van der Waals surface area (Å²) in [5, 5.41) is 13.6. The van der Waals surface area contributed by atoms with Crippen molar-refractivity contribution >= 4 is 22.4 Å². The molecule has 3 aromatic rings. The number of anilines is 2. The summed E-state index contributed by atoms with van der Waals surface area (Å²) >= 11 is 0. The Balaban J connectivity index is 1.99. The summed E-state index contributed by atoms with van der Waals surface area (Å²) in [5.74, 6) is 0.261. The molecule has 3 rings (SSSR count). The molecule has 0 saturated carbocycles. The fourth-order valence-corrected chi connectivity index (χ4v) is 1.77. The van der Waals surface area contributed by atoms with Crippen molar-refractivity contribution in [1.29, 1.82) is 0 Å². The molecule has 0 spiro atoms. The minimum Gasteiger partial charge on any atom is -0.508 e. The van der Waals surface area contributed by atoms with Gasteiger partial charge in [-0.25, -0.2) is 4.98 Å². The van der Waals surface area contributed by atoms with Crippen molar-refractivity contribution in [2.75, 3.05) is 5.32 Å². The van der Waals surface area contributed by atoms with Crippen LogP contribution in [0, 0.1) is 0 Å². The van der Waals surface area contributed by atoms with Crippen LogP contribution in [0.4, 0.5) is 11.4 Å². The molecule has 84 valence electrons. The average molecular weight is 225 g/mol. The van der Waals surface area contributed by atoms with Crippen molar-refractivity contribution in [2.24, 2.45) is 0 Å². The highest BCUT2D eigenvalue weighted by Gasteiger charge is 2.02. The van der Waals surface area contributed by atoms with E-state index in [1.165, 1.54) is 0 Å². The van der Waals surface area contributed by atoms with Gasteiger partial charge in [0, 0.05) is 23.5 Å². The van der Waals surface area contributed by atoms with Gasteiger partial charge in [-0.1, -0.05) is 0 Å². The van der Waals surface area contributed by atoms with E-state index in [9.17, 15) is 5.11 Å². The number of aromatic hydroxyl groups is 1. The molecule has 0 atom stereocenters. The van der Waals surface area contributed by atoms with E-state index in [1.54, 1.807) is 18.3 Å². The number of nitrogens with zero attached hydrogens (tertiary/aromatic N) is 1. The Kier molecular flexibility index (Phi) is 2.19. The van der Waals surface area contributed by atoms with Crippen LogP contribution in [0.15, 0.2) is 48.8 Å².